The third-order valence-corrected chi connectivity index (χ3v) is 5.93. The number of nitrogens with zero attached hydrogens (tertiary/aromatic N) is 3. The van der Waals surface area contributed by atoms with E-state index in [0.717, 1.165) is 37.1 Å². The number of thioether (sulfide) groups is 1. The minimum absolute atomic E-state index is 0.0611. The van der Waals surface area contributed by atoms with Gasteiger partial charge in [-0.2, -0.15) is 0 Å². The number of rotatable bonds is 7. The van der Waals surface area contributed by atoms with Crippen molar-refractivity contribution in [2.24, 2.45) is 7.05 Å². The number of carbonyl (C=O) groups is 1. The van der Waals surface area contributed by atoms with Crippen LogP contribution in [0.3, 0.4) is 0 Å². The van der Waals surface area contributed by atoms with Crippen LogP contribution in [-0.2, 0) is 18.3 Å². The van der Waals surface area contributed by atoms with Gasteiger partial charge in [-0.25, -0.2) is 0 Å². The summed E-state index contributed by atoms with van der Waals surface area (Å²) in [5, 5.41) is 12.2. The first-order valence-corrected chi connectivity index (χ1v) is 10.7. The molecule has 8 heteroatoms. The van der Waals surface area contributed by atoms with Gasteiger partial charge in [0.05, 0.1) is 12.9 Å². The average molecular weight is 508 g/mol. The Morgan fingerprint density at radius 2 is 1.96 bits per heavy atom. The van der Waals surface area contributed by atoms with Crippen LogP contribution in [0.5, 0.6) is 5.75 Å². The van der Waals surface area contributed by atoms with Crippen LogP contribution in [0, 0.1) is 10.5 Å². The average Bonchev–Trinajstić information content (AvgIpc) is 3.02. The van der Waals surface area contributed by atoms with E-state index in [2.05, 4.69) is 38.1 Å². The van der Waals surface area contributed by atoms with Crippen LogP contribution in [0.25, 0.3) is 0 Å². The van der Waals surface area contributed by atoms with Crippen molar-refractivity contribution in [3.8, 4) is 5.75 Å². The van der Waals surface area contributed by atoms with Crippen LogP contribution in [0.1, 0.15) is 17.0 Å². The van der Waals surface area contributed by atoms with E-state index in [0.29, 0.717) is 6.42 Å². The van der Waals surface area contributed by atoms with E-state index in [-0.39, 0.29) is 11.7 Å². The van der Waals surface area contributed by atoms with Gasteiger partial charge in [0.25, 0.3) is 0 Å². The molecule has 146 valence electrons. The minimum atomic E-state index is -0.0611. The summed E-state index contributed by atoms with van der Waals surface area (Å²) in [5.41, 5.74) is 3.01. The van der Waals surface area contributed by atoms with Crippen molar-refractivity contribution in [3.05, 3.63) is 63.0 Å². The number of hydrogen-bond acceptors (Lipinski definition) is 5. The normalized spacial score (nSPS) is 10.7. The first-order valence-electron chi connectivity index (χ1n) is 8.66. The zero-order valence-corrected chi connectivity index (χ0v) is 18.9. The van der Waals surface area contributed by atoms with Gasteiger partial charge >= 0.3 is 0 Å². The molecule has 28 heavy (non-hydrogen) atoms. The quantitative estimate of drug-likeness (QED) is 0.385. The molecule has 0 bridgehead atoms. The highest BCUT2D eigenvalue weighted by Crippen LogP contribution is 2.21. The van der Waals surface area contributed by atoms with E-state index in [9.17, 15) is 4.79 Å². The van der Waals surface area contributed by atoms with E-state index in [1.165, 1.54) is 11.8 Å². The molecule has 0 aliphatic rings. The lowest BCUT2D eigenvalue weighted by Crippen LogP contribution is -2.15. The van der Waals surface area contributed by atoms with Crippen LogP contribution in [0.2, 0.25) is 0 Å². The molecule has 1 heterocycles. The van der Waals surface area contributed by atoms with Gasteiger partial charge in [0.1, 0.15) is 11.6 Å². The van der Waals surface area contributed by atoms with Gasteiger partial charge in [-0.3, -0.25) is 4.79 Å². The lowest BCUT2D eigenvalue weighted by molar-refractivity contribution is -0.113. The smallest absolute Gasteiger partial charge is 0.234 e. The fraction of sp³-hybridized carbons (Fsp3) is 0.250. The van der Waals surface area contributed by atoms with Gasteiger partial charge in [0.15, 0.2) is 5.16 Å². The highest BCUT2D eigenvalue weighted by atomic mass is 127. The molecular formula is C20H21IN4O2S. The number of halogens is 1. The molecule has 1 amide bonds. The van der Waals surface area contributed by atoms with Crippen molar-refractivity contribution in [2.75, 3.05) is 18.2 Å². The number of benzene rings is 2. The van der Waals surface area contributed by atoms with Crippen molar-refractivity contribution in [1.29, 1.82) is 0 Å². The molecular weight excluding hydrogens is 487 g/mol. The van der Waals surface area contributed by atoms with E-state index in [1.807, 2.05) is 61.0 Å². The second kappa shape index (κ2) is 9.42. The lowest BCUT2D eigenvalue weighted by Gasteiger charge is -2.08. The number of ether oxygens (including phenoxy) is 1. The predicted molar refractivity (Wildman–Crippen MR) is 120 cm³/mol. The molecule has 0 unspecified atom stereocenters. The highest BCUT2D eigenvalue weighted by molar-refractivity contribution is 14.1. The van der Waals surface area contributed by atoms with Crippen molar-refractivity contribution in [2.45, 2.75) is 18.5 Å². The lowest BCUT2D eigenvalue weighted by atomic mass is 10.1. The van der Waals surface area contributed by atoms with E-state index >= 15 is 0 Å². The molecule has 0 spiro atoms. The SMILES string of the molecule is COc1ccc(Cc2nnc(SCC(=O)Nc3ccc(I)cc3C)n2C)cc1. The second-order valence-corrected chi connectivity index (χ2v) is 8.47. The minimum Gasteiger partial charge on any atom is -0.497 e. The maximum atomic E-state index is 12.3. The molecule has 0 aliphatic carbocycles. The summed E-state index contributed by atoms with van der Waals surface area (Å²) in [6.45, 7) is 1.99. The van der Waals surface area contributed by atoms with Gasteiger partial charge in [-0.05, 0) is 71.0 Å². The number of carbonyl (C=O) groups excluding carboxylic acids is 1. The highest BCUT2D eigenvalue weighted by Gasteiger charge is 2.13. The van der Waals surface area contributed by atoms with Crippen LogP contribution in [-0.4, -0.2) is 33.5 Å². The Hall–Kier alpha value is -2.07. The maximum Gasteiger partial charge on any atom is 0.234 e. The zero-order chi connectivity index (χ0) is 20.1. The number of methoxy groups -OCH3 is 1. The molecule has 1 N–H and O–H groups in total. The first kappa shape index (κ1) is 20.7. The molecule has 1 aromatic heterocycles. The summed E-state index contributed by atoms with van der Waals surface area (Å²) in [6.07, 6.45) is 0.669. The summed E-state index contributed by atoms with van der Waals surface area (Å²) in [5.74, 6) is 1.89. The van der Waals surface area contributed by atoms with Gasteiger partial charge < -0.3 is 14.6 Å². The third-order valence-electron chi connectivity index (χ3n) is 4.24. The predicted octanol–water partition coefficient (Wildman–Crippen LogP) is 4.06. The first-order chi connectivity index (χ1) is 13.5. The summed E-state index contributed by atoms with van der Waals surface area (Å²) < 4.78 is 8.26. The zero-order valence-electron chi connectivity index (χ0n) is 15.9. The molecule has 6 nitrogen and oxygen atoms in total. The fourth-order valence-corrected chi connectivity index (χ4v) is 4.01. The standard InChI is InChI=1S/C20H21IN4O2S/c1-13-10-15(21)6-9-17(13)22-19(26)12-28-20-24-23-18(25(20)2)11-14-4-7-16(27-3)8-5-14/h4-10H,11-12H2,1-3H3,(H,22,26). The second-order valence-electron chi connectivity index (χ2n) is 6.28. The monoisotopic (exact) mass is 508 g/mol. The van der Waals surface area contributed by atoms with E-state index in [4.69, 9.17) is 4.74 Å². The Balaban J connectivity index is 1.58. The summed E-state index contributed by atoms with van der Waals surface area (Å²) in [6, 6.07) is 13.8. The van der Waals surface area contributed by atoms with Crippen molar-refractivity contribution < 1.29 is 9.53 Å². The number of amides is 1. The Morgan fingerprint density at radius 3 is 2.64 bits per heavy atom. The fourth-order valence-electron chi connectivity index (χ4n) is 2.63. The molecule has 0 saturated carbocycles. The van der Waals surface area contributed by atoms with Crippen molar-refractivity contribution in [3.63, 3.8) is 0 Å². The topological polar surface area (TPSA) is 69.0 Å². The van der Waals surface area contributed by atoms with Gasteiger partial charge in [-0.1, -0.05) is 23.9 Å². The van der Waals surface area contributed by atoms with Crippen molar-refractivity contribution >= 4 is 45.9 Å². The molecule has 0 radical (unpaired) electrons. The molecule has 0 atom stereocenters. The van der Waals surface area contributed by atoms with Crippen LogP contribution >= 0.6 is 34.4 Å². The Bertz CT molecular complexity index is 973. The molecule has 3 aromatic rings. The molecule has 0 aliphatic heterocycles. The number of aryl methyl sites for hydroxylation is 1. The molecule has 0 saturated heterocycles. The molecule has 3 rings (SSSR count). The van der Waals surface area contributed by atoms with Gasteiger partial charge in [-0.15, -0.1) is 10.2 Å². The molecule has 0 fully saturated rings. The Morgan fingerprint density at radius 1 is 1.21 bits per heavy atom. The molecule has 2 aromatic carbocycles. The summed E-state index contributed by atoms with van der Waals surface area (Å²) in [4.78, 5) is 12.3. The van der Waals surface area contributed by atoms with Gasteiger partial charge in [0, 0.05) is 22.7 Å². The largest absolute Gasteiger partial charge is 0.497 e. The van der Waals surface area contributed by atoms with Crippen LogP contribution in [0.4, 0.5) is 5.69 Å². The number of anilines is 1. The van der Waals surface area contributed by atoms with Crippen molar-refractivity contribution in [1.82, 2.24) is 14.8 Å². The number of aromatic nitrogens is 3. The maximum absolute atomic E-state index is 12.3. The number of nitrogens with one attached hydrogen (secondary N) is 1. The van der Waals surface area contributed by atoms with Crippen LogP contribution < -0.4 is 10.1 Å². The van der Waals surface area contributed by atoms with E-state index < -0.39 is 0 Å². The summed E-state index contributed by atoms with van der Waals surface area (Å²) in [7, 11) is 3.57. The summed E-state index contributed by atoms with van der Waals surface area (Å²) >= 11 is 3.63. The van der Waals surface area contributed by atoms with Crippen LogP contribution in [0.15, 0.2) is 47.6 Å². The Kier molecular flexibility index (Phi) is 6.95. The van der Waals surface area contributed by atoms with Gasteiger partial charge in [0.2, 0.25) is 5.91 Å². The van der Waals surface area contributed by atoms with E-state index in [1.54, 1.807) is 7.11 Å². The Labute approximate surface area is 182 Å². The number of hydrogen-bond donors (Lipinski definition) is 1. The third kappa shape index (κ3) is 5.26.